The number of rotatable bonds is 5. The second-order valence-electron chi connectivity index (χ2n) is 6.71. The average molecular weight is 343 g/mol. The molecule has 126 valence electrons. The molecular weight excluding hydrogens is 320 g/mol. The van der Waals surface area contributed by atoms with E-state index < -0.39 is 5.54 Å². The number of quaternary nitrogens is 1. The summed E-state index contributed by atoms with van der Waals surface area (Å²) in [5.41, 5.74) is 0.368. The molecule has 1 heterocycles. The summed E-state index contributed by atoms with van der Waals surface area (Å²) < 4.78 is 1.17. The number of carbonyl (C=O) groups excluding carboxylic acids is 1. The number of para-hydroxylation sites is 1. The Morgan fingerprint density at radius 2 is 2.17 bits per heavy atom. The summed E-state index contributed by atoms with van der Waals surface area (Å²) in [5, 5.41) is 13.4. The Kier molecular flexibility index (Phi) is 4.83. The molecule has 1 aromatic heterocycles. The number of amides is 1. The Hall–Kier alpha value is -1.97. The van der Waals surface area contributed by atoms with Crippen LogP contribution in [0.3, 0.4) is 0 Å². The van der Waals surface area contributed by atoms with E-state index in [-0.39, 0.29) is 11.9 Å². The molecule has 2 N–H and O–H groups in total. The lowest BCUT2D eigenvalue weighted by molar-refractivity contribution is -0.902. The van der Waals surface area contributed by atoms with E-state index in [1.807, 2.05) is 25.2 Å². The van der Waals surface area contributed by atoms with Crippen molar-refractivity contribution in [2.24, 2.45) is 0 Å². The van der Waals surface area contributed by atoms with Gasteiger partial charge < -0.3 is 10.2 Å². The molecule has 2 atom stereocenters. The van der Waals surface area contributed by atoms with Crippen molar-refractivity contribution in [1.29, 1.82) is 5.26 Å². The molecule has 6 heteroatoms. The standard InChI is InChI=1S/C18H22N4OS/c1-13(17-20-14-7-3-4-8-15(14)24-17)22(2)11-16(23)21-18(12-19)9-5-6-10-18/h3-4,7-8,13H,5-6,9-11H2,1-2H3,(H,21,23)/p+1/t13-/m0/s1. The van der Waals surface area contributed by atoms with Crippen molar-refractivity contribution in [1.82, 2.24) is 10.3 Å². The monoisotopic (exact) mass is 343 g/mol. The number of nitriles is 1. The van der Waals surface area contributed by atoms with Crippen molar-refractivity contribution in [2.75, 3.05) is 13.6 Å². The largest absolute Gasteiger partial charge is 0.333 e. The normalized spacial score (nSPS) is 18.9. The maximum Gasteiger partial charge on any atom is 0.276 e. The average Bonchev–Trinajstić information content (AvgIpc) is 3.20. The van der Waals surface area contributed by atoms with E-state index in [0.29, 0.717) is 6.54 Å². The van der Waals surface area contributed by atoms with Gasteiger partial charge in [-0.25, -0.2) is 4.98 Å². The topological polar surface area (TPSA) is 70.2 Å². The first-order valence-electron chi connectivity index (χ1n) is 8.43. The number of carbonyl (C=O) groups is 1. The van der Waals surface area contributed by atoms with Gasteiger partial charge in [0, 0.05) is 0 Å². The molecule has 0 radical (unpaired) electrons. The molecule has 2 aromatic rings. The lowest BCUT2D eigenvalue weighted by Gasteiger charge is -2.24. The number of hydrogen-bond donors (Lipinski definition) is 2. The van der Waals surface area contributed by atoms with E-state index in [4.69, 9.17) is 0 Å². The quantitative estimate of drug-likeness (QED) is 0.870. The minimum Gasteiger partial charge on any atom is -0.333 e. The van der Waals surface area contributed by atoms with Gasteiger partial charge >= 0.3 is 0 Å². The Labute approximate surface area is 146 Å². The van der Waals surface area contributed by atoms with E-state index >= 15 is 0 Å². The second kappa shape index (κ2) is 6.88. The maximum absolute atomic E-state index is 12.4. The summed E-state index contributed by atoms with van der Waals surface area (Å²) in [5.74, 6) is -0.0519. The van der Waals surface area contributed by atoms with Gasteiger partial charge in [0.05, 0.1) is 23.3 Å². The van der Waals surface area contributed by atoms with E-state index in [1.54, 1.807) is 11.3 Å². The molecule has 0 aliphatic heterocycles. The maximum atomic E-state index is 12.4. The molecule has 1 aromatic carbocycles. The van der Waals surface area contributed by atoms with Crippen LogP contribution in [0, 0.1) is 11.3 Å². The second-order valence-corrected chi connectivity index (χ2v) is 7.78. The van der Waals surface area contributed by atoms with Crippen molar-refractivity contribution >= 4 is 27.5 Å². The third kappa shape index (κ3) is 3.42. The van der Waals surface area contributed by atoms with Gasteiger partial charge in [-0.1, -0.05) is 12.1 Å². The van der Waals surface area contributed by atoms with Gasteiger partial charge in [-0.2, -0.15) is 5.26 Å². The van der Waals surface area contributed by atoms with Crippen LogP contribution in [0.2, 0.25) is 0 Å². The van der Waals surface area contributed by atoms with E-state index in [0.717, 1.165) is 41.1 Å². The molecule has 24 heavy (non-hydrogen) atoms. The van der Waals surface area contributed by atoms with Crippen LogP contribution in [-0.4, -0.2) is 30.0 Å². The molecule has 1 aliphatic rings. The van der Waals surface area contributed by atoms with E-state index in [2.05, 4.69) is 29.4 Å². The fourth-order valence-electron chi connectivity index (χ4n) is 3.25. The van der Waals surface area contributed by atoms with Crippen molar-refractivity contribution < 1.29 is 9.69 Å². The van der Waals surface area contributed by atoms with Gasteiger partial charge in [0.25, 0.3) is 5.91 Å². The smallest absolute Gasteiger partial charge is 0.276 e. The van der Waals surface area contributed by atoms with Crippen molar-refractivity contribution in [3.05, 3.63) is 29.3 Å². The molecule has 0 bridgehead atoms. The van der Waals surface area contributed by atoms with Crippen molar-refractivity contribution in [3.8, 4) is 6.07 Å². The van der Waals surface area contributed by atoms with Gasteiger partial charge in [0.15, 0.2) is 11.6 Å². The van der Waals surface area contributed by atoms with E-state index in [9.17, 15) is 10.1 Å². The first-order valence-corrected chi connectivity index (χ1v) is 9.25. The lowest BCUT2D eigenvalue weighted by Crippen LogP contribution is -3.10. The number of nitrogens with one attached hydrogen (secondary N) is 2. The Bertz CT molecular complexity index is 740. The summed E-state index contributed by atoms with van der Waals surface area (Å²) in [6, 6.07) is 10.5. The fourth-order valence-corrected chi connectivity index (χ4v) is 4.36. The number of thiazole rings is 1. The fraction of sp³-hybridized carbons (Fsp3) is 0.500. The molecule has 5 nitrogen and oxygen atoms in total. The summed E-state index contributed by atoms with van der Waals surface area (Å²) in [7, 11) is 2.00. The number of fused-ring (bicyclic) bond motifs is 1. The summed E-state index contributed by atoms with van der Waals surface area (Å²) in [4.78, 5) is 18.2. The highest BCUT2D eigenvalue weighted by Gasteiger charge is 2.36. The Morgan fingerprint density at radius 3 is 2.83 bits per heavy atom. The number of likely N-dealkylation sites (N-methyl/N-ethyl adjacent to an activating group) is 1. The van der Waals surface area contributed by atoms with Gasteiger partial charge in [-0.15, -0.1) is 11.3 Å². The molecule has 1 aliphatic carbocycles. The van der Waals surface area contributed by atoms with Crippen LogP contribution in [0.1, 0.15) is 43.7 Å². The highest BCUT2D eigenvalue weighted by molar-refractivity contribution is 7.18. The van der Waals surface area contributed by atoms with E-state index in [1.165, 1.54) is 4.70 Å². The highest BCUT2D eigenvalue weighted by atomic mass is 32.1. The Morgan fingerprint density at radius 1 is 1.46 bits per heavy atom. The molecule has 3 rings (SSSR count). The molecule has 1 amide bonds. The minimum atomic E-state index is -0.642. The minimum absolute atomic E-state index is 0.0519. The highest BCUT2D eigenvalue weighted by Crippen LogP contribution is 2.28. The van der Waals surface area contributed by atoms with Crippen LogP contribution in [0.4, 0.5) is 0 Å². The lowest BCUT2D eigenvalue weighted by atomic mass is 10.00. The van der Waals surface area contributed by atoms with Crippen LogP contribution < -0.4 is 10.2 Å². The zero-order chi connectivity index (χ0) is 17.2. The summed E-state index contributed by atoms with van der Waals surface area (Å²) in [6.45, 7) is 2.44. The van der Waals surface area contributed by atoms with Crippen LogP contribution in [0.25, 0.3) is 10.2 Å². The molecule has 1 saturated carbocycles. The zero-order valence-electron chi connectivity index (χ0n) is 14.1. The third-order valence-electron chi connectivity index (χ3n) is 4.91. The zero-order valence-corrected chi connectivity index (χ0v) is 14.9. The Balaban J connectivity index is 1.64. The SMILES string of the molecule is C[C@@H](c1nc2ccccc2s1)[NH+](C)CC(=O)NC1(C#N)CCCC1. The molecular formula is C18H23N4OS+. The molecule has 0 spiro atoms. The van der Waals surface area contributed by atoms with Crippen molar-refractivity contribution in [2.45, 2.75) is 44.2 Å². The van der Waals surface area contributed by atoms with Gasteiger partial charge in [0.1, 0.15) is 11.6 Å². The van der Waals surface area contributed by atoms with Crippen LogP contribution >= 0.6 is 11.3 Å². The molecule has 1 unspecified atom stereocenters. The van der Waals surface area contributed by atoms with Gasteiger partial charge in [-0.3, -0.25) is 4.79 Å². The third-order valence-corrected chi connectivity index (χ3v) is 6.13. The molecule has 1 fully saturated rings. The van der Waals surface area contributed by atoms with Crippen LogP contribution in [0.5, 0.6) is 0 Å². The number of benzene rings is 1. The van der Waals surface area contributed by atoms with Crippen molar-refractivity contribution in [3.63, 3.8) is 0 Å². The number of aromatic nitrogens is 1. The van der Waals surface area contributed by atoms with Crippen LogP contribution in [0.15, 0.2) is 24.3 Å². The first-order chi connectivity index (χ1) is 11.5. The predicted octanol–water partition coefficient (Wildman–Crippen LogP) is 1.82. The van der Waals surface area contributed by atoms with Gasteiger partial charge in [0.2, 0.25) is 0 Å². The predicted molar refractivity (Wildman–Crippen MR) is 94.7 cm³/mol. The number of hydrogen-bond acceptors (Lipinski definition) is 4. The van der Waals surface area contributed by atoms with Crippen LogP contribution in [-0.2, 0) is 4.79 Å². The summed E-state index contributed by atoms with van der Waals surface area (Å²) in [6.07, 6.45) is 3.56. The molecule has 0 saturated heterocycles. The number of nitrogens with zero attached hydrogens (tertiary/aromatic N) is 2. The summed E-state index contributed by atoms with van der Waals surface area (Å²) >= 11 is 1.68. The van der Waals surface area contributed by atoms with Gasteiger partial charge in [-0.05, 0) is 44.7 Å². The first kappa shape index (κ1) is 16.9.